The summed E-state index contributed by atoms with van der Waals surface area (Å²) < 4.78 is 0. The van der Waals surface area contributed by atoms with E-state index in [0.29, 0.717) is 0 Å². The van der Waals surface area contributed by atoms with Crippen LogP contribution < -0.4 is 0 Å². The minimum atomic E-state index is 0.954. The molecule has 0 saturated heterocycles. The van der Waals surface area contributed by atoms with Gasteiger partial charge in [0.2, 0.25) is 7.98 Å². The van der Waals surface area contributed by atoms with Crippen molar-refractivity contribution in [2.75, 3.05) is 0 Å². The molecule has 13 heavy (non-hydrogen) atoms. The second-order valence-corrected chi connectivity index (χ2v) is 3.06. The number of aliphatic imine (C=N–C) groups is 1. The third kappa shape index (κ3) is 1.14. The van der Waals surface area contributed by atoms with Gasteiger partial charge in [-0.25, -0.2) is 4.99 Å². The van der Waals surface area contributed by atoms with Crippen LogP contribution in [0.3, 0.4) is 0 Å². The topological polar surface area (TPSA) is 28.5 Å². The van der Waals surface area contributed by atoms with Crippen molar-refractivity contribution in [3.63, 3.8) is 0 Å². The Morgan fingerprint density at radius 2 is 2.31 bits per heavy atom. The minimum Gasteiger partial charge on any atom is -0.382 e. The molecule has 0 atom stereocenters. The highest BCUT2D eigenvalue weighted by atomic mass is 15.1. The van der Waals surface area contributed by atoms with Crippen molar-refractivity contribution in [1.29, 1.82) is 0 Å². The zero-order valence-corrected chi connectivity index (χ0v) is 7.78. The van der Waals surface area contributed by atoms with Crippen LogP contribution in [0.2, 0.25) is 0 Å². The van der Waals surface area contributed by atoms with Crippen molar-refractivity contribution in [2.45, 2.75) is 6.92 Å². The summed E-state index contributed by atoms with van der Waals surface area (Å²) in [4.78, 5) is 10.4. The fourth-order valence-corrected chi connectivity index (χ4v) is 1.33. The Morgan fingerprint density at radius 1 is 1.54 bits per heavy atom. The first-order chi connectivity index (χ1) is 6.20. The van der Waals surface area contributed by atoms with Gasteiger partial charge in [-0.15, -0.1) is 0 Å². The number of rotatable bonds is 0. The van der Waals surface area contributed by atoms with Crippen LogP contribution >= 0.6 is 0 Å². The number of pyridine rings is 1. The fraction of sp³-hybridized carbons (Fsp3) is 0.111. The van der Waals surface area contributed by atoms with E-state index in [4.69, 9.17) is 0 Å². The molecule has 2 rings (SSSR count). The van der Waals surface area contributed by atoms with Crippen LogP contribution in [0.15, 0.2) is 30.0 Å². The van der Waals surface area contributed by atoms with Crippen molar-refractivity contribution in [1.82, 2.24) is 9.79 Å². The summed E-state index contributed by atoms with van der Waals surface area (Å²) in [6.07, 6.45) is 3.54. The van der Waals surface area contributed by atoms with Gasteiger partial charge in [0.25, 0.3) is 0 Å². The quantitative estimate of drug-likeness (QED) is 0.544. The second kappa shape index (κ2) is 2.73. The molecule has 1 aromatic heterocycles. The molecular weight excluding hydrogens is 161 g/mol. The maximum absolute atomic E-state index is 4.42. The molecule has 1 aromatic rings. The lowest BCUT2D eigenvalue weighted by Gasteiger charge is -2.27. The van der Waals surface area contributed by atoms with E-state index in [1.54, 1.807) is 12.4 Å². The first-order valence-corrected chi connectivity index (χ1v) is 4.12. The summed E-state index contributed by atoms with van der Waals surface area (Å²) in [5, 5.41) is 0. The lowest BCUT2D eigenvalue weighted by molar-refractivity contribution is 0.906. The van der Waals surface area contributed by atoms with Gasteiger partial charge in [0.05, 0.1) is 11.5 Å². The Kier molecular flexibility index (Phi) is 1.69. The lowest BCUT2D eigenvalue weighted by atomic mass is 10.1. The highest BCUT2D eigenvalue weighted by Crippen LogP contribution is 2.30. The van der Waals surface area contributed by atoms with Crippen molar-refractivity contribution in [3.05, 3.63) is 30.6 Å². The summed E-state index contributed by atoms with van der Waals surface area (Å²) >= 11 is 0. The van der Waals surface area contributed by atoms with Crippen LogP contribution in [0.5, 0.6) is 0 Å². The number of amidine groups is 1. The molecule has 0 amide bonds. The summed E-state index contributed by atoms with van der Waals surface area (Å²) in [5.74, 6) is 0.962. The van der Waals surface area contributed by atoms with Crippen LogP contribution in [-0.4, -0.2) is 23.6 Å². The molecule has 0 saturated carbocycles. The zero-order valence-electron chi connectivity index (χ0n) is 7.78. The first-order valence-electron chi connectivity index (χ1n) is 4.12. The van der Waals surface area contributed by atoms with Crippen molar-refractivity contribution < 1.29 is 0 Å². The Balaban J connectivity index is 2.63. The second-order valence-electron chi connectivity index (χ2n) is 3.06. The van der Waals surface area contributed by atoms with E-state index in [0.717, 1.165) is 22.8 Å². The van der Waals surface area contributed by atoms with E-state index in [-0.39, 0.29) is 0 Å². The monoisotopic (exact) mass is 171 g/mol. The Morgan fingerprint density at radius 3 is 3.08 bits per heavy atom. The third-order valence-corrected chi connectivity index (χ3v) is 2.28. The summed E-state index contributed by atoms with van der Waals surface area (Å²) in [5.41, 5.74) is 2.92. The van der Waals surface area contributed by atoms with Gasteiger partial charge in [-0.05, 0) is 13.0 Å². The number of hydrogen-bond acceptors (Lipinski definition) is 3. The molecule has 4 heteroatoms. The molecule has 0 radical (unpaired) electrons. The molecule has 0 bridgehead atoms. The molecule has 2 heterocycles. The molecule has 0 N–H and O–H groups in total. The number of hydrogen-bond donors (Lipinski definition) is 0. The summed E-state index contributed by atoms with van der Waals surface area (Å²) in [6.45, 7) is 5.96. The molecule has 0 spiro atoms. The normalized spacial score (nSPS) is 15.3. The molecule has 64 valence electrons. The van der Waals surface area contributed by atoms with E-state index in [1.807, 2.05) is 25.8 Å². The van der Waals surface area contributed by atoms with Crippen molar-refractivity contribution in [3.8, 4) is 0 Å². The van der Waals surface area contributed by atoms with Gasteiger partial charge >= 0.3 is 0 Å². The van der Waals surface area contributed by atoms with E-state index < -0.39 is 0 Å². The predicted octanol–water partition coefficient (Wildman–Crippen LogP) is 0.966. The van der Waals surface area contributed by atoms with Crippen molar-refractivity contribution in [2.24, 2.45) is 4.99 Å². The highest BCUT2D eigenvalue weighted by molar-refractivity contribution is 6.22. The maximum Gasteiger partial charge on any atom is 0.225 e. The SMILES string of the molecule is BN1C(=C)c2cnccc2N=C1C. The molecule has 0 aromatic carbocycles. The largest absolute Gasteiger partial charge is 0.382 e. The fourth-order valence-electron chi connectivity index (χ4n) is 1.33. The maximum atomic E-state index is 4.42. The standard InChI is InChI=1S/C9H10BN3/c1-6-8-5-11-4-3-9(8)12-7(2)13(6)10/h3-5H,1,10H2,2H3. The van der Waals surface area contributed by atoms with Crippen LogP contribution in [0, 0.1) is 0 Å². The third-order valence-electron chi connectivity index (χ3n) is 2.28. The average Bonchev–Trinajstić information content (AvgIpc) is 2.15. The van der Waals surface area contributed by atoms with Crippen LogP contribution in [0.4, 0.5) is 5.69 Å². The Bertz CT molecular complexity index is 398. The predicted molar refractivity (Wildman–Crippen MR) is 56.4 cm³/mol. The molecule has 1 aliphatic heterocycles. The number of nitrogens with zero attached hydrogens (tertiary/aromatic N) is 3. The van der Waals surface area contributed by atoms with Gasteiger partial charge in [0, 0.05) is 23.7 Å². The van der Waals surface area contributed by atoms with Gasteiger partial charge in [0.1, 0.15) is 0 Å². The molecule has 1 aliphatic rings. The van der Waals surface area contributed by atoms with E-state index in [1.165, 1.54) is 0 Å². The molecule has 0 aliphatic carbocycles. The number of fused-ring (bicyclic) bond motifs is 1. The minimum absolute atomic E-state index is 0.954. The van der Waals surface area contributed by atoms with Gasteiger partial charge in [-0.2, -0.15) is 0 Å². The first kappa shape index (κ1) is 8.04. The summed E-state index contributed by atoms with van der Waals surface area (Å²) in [7, 11) is 1.96. The van der Waals surface area contributed by atoms with Crippen LogP contribution in [-0.2, 0) is 0 Å². The van der Waals surface area contributed by atoms with Crippen LogP contribution in [0.1, 0.15) is 12.5 Å². The van der Waals surface area contributed by atoms with Gasteiger partial charge in [0.15, 0.2) is 0 Å². The van der Waals surface area contributed by atoms with E-state index >= 15 is 0 Å². The van der Waals surface area contributed by atoms with Crippen LogP contribution in [0.25, 0.3) is 5.70 Å². The zero-order chi connectivity index (χ0) is 9.42. The summed E-state index contributed by atoms with van der Waals surface area (Å²) in [6, 6.07) is 1.90. The van der Waals surface area contributed by atoms with Gasteiger partial charge in [-0.1, -0.05) is 6.58 Å². The Labute approximate surface area is 78.2 Å². The lowest BCUT2D eigenvalue weighted by Crippen LogP contribution is -2.26. The molecule has 3 nitrogen and oxygen atoms in total. The van der Waals surface area contributed by atoms with Crippen molar-refractivity contribution >= 4 is 25.2 Å². The smallest absolute Gasteiger partial charge is 0.225 e. The van der Waals surface area contributed by atoms with Gasteiger partial charge < -0.3 is 4.81 Å². The molecule has 0 unspecified atom stereocenters. The highest BCUT2D eigenvalue weighted by Gasteiger charge is 2.16. The average molecular weight is 171 g/mol. The number of aromatic nitrogens is 1. The van der Waals surface area contributed by atoms with Gasteiger partial charge in [-0.3, -0.25) is 4.98 Å². The Hall–Kier alpha value is -1.58. The van der Waals surface area contributed by atoms with E-state index in [9.17, 15) is 0 Å². The molecule has 0 fully saturated rings. The molecular formula is C9H10BN3. The van der Waals surface area contributed by atoms with E-state index in [2.05, 4.69) is 16.6 Å².